The number of methoxy groups -OCH3 is 1. The van der Waals surface area contributed by atoms with E-state index in [1.807, 2.05) is 11.4 Å². The molecule has 1 aromatic heterocycles. The van der Waals surface area contributed by atoms with Crippen LogP contribution in [0.25, 0.3) is 0 Å². The topological polar surface area (TPSA) is 85.4 Å². The smallest absolute Gasteiger partial charge is 0.243 e. The Hall–Kier alpha value is -2.63. The first-order chi connectivity index (χ1) is 18.8. The lowest BCUT2D eigenvalue weighted by Gasteiger charge is -2.37. The third kappa shape index (κ3) is 6.41. The van der Waals surface area contributed by atoms with E-state index in [1.54, 1.807) is 52.6 Å². The number of benzene rings is 2. The van der Waals surface area contributed by atoms with Crippen LogP contribution in [0.2, 0.25) is 5.02 Å². The first-order valence-corrected chi connectivity index (χ1v) is 15.5. The number of halogens is 1. The fourth-order valence-corrected chi connectivity index (χ4v) is 7.46. The van der Waals surface area contributed by atoms with Gasteiger partial charge < -0.3 is 19.1 Å². The maximum Gasteiger partial charge on any atom is 0.243 e. The highest BCUT2D eigenvalue weighted by molar-refractivity contribution is 7.89. The number of carbonyl (C=O) groups is 1. The fourth-order valence-electron chi connectivity index (χ4n) is 4.98. The van der Waals surface area contributed by atoms with E-state index in [2.05, 4.69) is 0 Å². The summed E-state index contributed by atoms with van der Waals surface area (Å²) < 4.78 is 45.7. The SMILES string of the molecule is COc1ccc(S(=O)(=O)N(CC(=O)N2CCc3sccc3C2COc2ccc(Cl)cc2)CC2CCCO2)cc1. The average Bonchev–Trinajstić information content (AvgIpc) is 3.64. The number of nitrogens with zero attached hydrogens (tertiary/aromatic N) is 2. The summed E-state index contributed by atoms with van der Waals surface area (Å²) in [6, 6.07) is 15.0. The monoisotopic (exact) mass is 590 g/mol. The second-order valence-corrected chi connectivity index (χ2v) is 12.9. The summed E-state index contributed by atoms with van der Waals surface area (Å²) in [6.45, 7) is 1.15. The van der Waals surface area contributed by atoms with Gasteiger partial charge in [-0.15, -0.1) is 11.3 Å². The van der Waals surface area contributed by atoms with Crippen molar-refractivity contribution < 1.29 is 27.4 Å². The molecule has 0 N–H and O–H groups in total. The van der Waals surface area contributed by atoms with Crippen molar-refractivity contribution in [3.05, 3.63) is 75.4 Å². The van der Waals surface area contributed by atoms with Crippen LogP contribution in [-0.4, -0.2) is 69.6 Å². The first kappa shape index (κ1) is 27.9. The molecule has 11 heteroatoms. The highest BCUT2D eigenvalue weighted by Gasteiger charge is 2.36. The number of hydrogen-bond donors (Lipinski definition) is 0. The fraction of sp³-hybridized carbons (Fsp3) is 0.393. The number of amides is 1. The van der Waals surface area contributed by atoms with Gasteiger partial charge in [0.05, 0.1) is 30.7 Å². The highest BCUT2D eigenvalue weighted by Crippen LogP contribution is 2.34. The number of fused-ring (bicyclic) bond motifs is 1. The Morgan fingerprint density at radius 1 is 1.13 bits per heavy atom. The van der Waals surface area contributed by atoms with Gasteiger partial charge in [-0.05, 0) is 84.8 Å². The zero-order valence-corrected chi connectivity index (χ0v) is 24.0. The van der Waals surface area contributed by atoms with E-state index in [0.717, 1.165) is 18.4 Å². The summed E-state index contributed by atoms with van der Waals surface area (Å²) in [5.41, 5.74) is 1.04. The lowest BCUT2D eigenvalue weighted by atomic mass is 10.0. The van der Waals surface area contributed by atoms with Gasteiger partial charge in [-0.1, -0.05) is 11.6 Å². The van der Waals surface area contributed by atoms with Crippen LogP contribution in [0.15, 0.2) is 64.9 Å². The quantitative estimate of drug-likeness (QED) is 0.338. The number of carbonyl (C=O) groups excluding carboxylic acids is 1. The van der Waals surface area contributed by atoms with Gasteiger partial charge in [0.15, 0.2) is 0 Å². The third-order valence-electron chi connectivity index (χ3n) is 7.08. The first-order valence-electron chi connectivity index (χ1n) is 12.8. The van der Waals surface area contributed by atoms with E-state index < -0.39 is 10.0 Å². The second kappa shape index (κ2) is 12.3. The molecule has 0 bridgehead atoms. The van der Waals surface area contributed by atoms with E-state index in [0.29, 0.717) is 36.1 Å². The average molecular weight is 591 g/mol. The van der Waals surface area contributed by atoms with Crippen molar-refractivity contribution >= 4 is 38.9 Å². The van der Waals surface area contributed by atoms with Crippen molar-refractivity contribution in [1.29, 1.82) is 0 Å². The van der Waals surface area contributed by atoms with Gasteiger partial charge in [0.25, 0.3) is 0 Å². The van der Waals surface area contributed by atoms with Crippen LogP contribution in [-0.2, 0) is 26.0 Å². The van der Waals surface area contributed by atoms with E-state index in [4.69, 9.17) is 25.8 Å². The van der Waals surface area contributed by atoms with E-state index in [1.165, 1.54) is 28.4 Å². The molecular weight excluding hydrogens is 560 g/mol. The zero-order chi connectivity index (χ0) is 27.4. The predicted octanol–water partition coefficient (Wildman–Crippen LogP) is 4.78. The van der Waals surface area contributed by atoms with Crippen LogP contribution in [0.1, 0.15) is 29.3 Å². The number of sulfonamides is 1. The van der Waals surface area contributed by atoms with Crippen LogP contribution in [0, 0.1) is 0 Å². The Morgan fingerprint density at radius 3 is 2.56 bits per heavy atom. The molecule has 3 aromatic rings. The van der Waals surface area contributed by atoms with Gasteiger partial charge in [-0.25, -0.2) is 8.42 Å². The van der Waals surface area contributed by atoms with Crippen LogP contribution < -0.4 is 9.47 Å². The predicted molar refractivity (Wildman–Crippen MR) is 150 cm³/mol. The molecule has 2 aromatic carbocycles. The van der Waals surface area contributed by atoms with Crippen LogP contribution >= 0.6 is 22.9 Å². The number of rotatable bonds is 10. The Kier molecular flexibility index (Phi) is 8.78. The normalized spacial score (nSPS) is 19.2. The van der Waals surface area contributed by atoms with Crippen LogP contribution in [0.3, 0.4) is 0 Å². The molecular formula is C28H31ClN2O6S2. The van der Waals surface area contributed by atoms with Crippen LogP contribution in [0.5, 0.6) is 11.5 Å². The molecule has 1 amide bonds. The molecule has 39 heavy (non-hydrogen) atoms. The van der Waals surface area contributed by atoms with Gasteiger partial charge in [0.1, 0.15) is 18.1 Å². The van der Waals surface area contributed by atoms with Gasteiger partial charge in [-0.2, -0.15) is 4.31 Å². The second-order valence-electron chi connectivity index (χ2n) is 9.53. The summed E-state index contributed by atoms with van der Waals surface area (Å²) >= 11 is 7.67. The van der Waals surface area contributed by atoms with Crippen molar-refractivity contribution in [1.82, 2.24) is 9.21 Å². The van der Waals surface area contributed by atoms with Gasteiger partial charge in [0.2, 0.25) is 15.9 Å². The standard InChI is InChI=1S/C28H31ClN2O6S2/c1-35-21-8-10-24(11-9-21)39(33,34)30(17-23-3-2-15-36-23)18-28(32)31-14-12-27-25(13-16-38-27)26(31)19-37-22-6-4-20(29)5-7-22/h4-11,13,16,23,26H,2-3,12,14-15,17-19H2,1H3. The number of thiophene rings is 1. The van der Waals surface area contributed by atoms with Crippen molar-refractivity contribution in [3.63, 3.8) is 0 Å². The summed E-state index contributed by atoms with van der Waals surface area (Å²) in [5, 5.41) is 2.63. The van der Waals surface area contributed by atoms with Crippen molar-refractivity contribution in [3.8, 4) is 11.5 Å². The molecule has 1 saturated heterocycles. The molecule has 0 radical (unpaired) electrons. The van der Waals surface area contributed by atoms with Crippen molar-refractivity contribution in [2.24, 2.45) is 0 Å². The lowest BCUT2D eigenvalue weighted by molar-refractivity contribution is -0.135. The minimum Gasteiger partial charge on any atom is -0.497 e. The summed E-state index contributed by atoms with van der Waals surface area (Å²) in [6.07, 6.45) is 2.08. The molecule has 3 heterocycles. The summed E-state index contributed by atoms with van der Waals surface area (Å²) in [4.78, 5) is 16.9. The van der Waals surface area contributed by atoms with E-state index in [-0.39, 0.29) is 42.6 Å². The molecule has 0 spiro atoms. The van der Waals surface area contributed by atoms with Crippen LogP contribution in [0.4, 0.5) is 0 Å². The van der Waals surface area contributed by atoms with Crippen molar-refractivity contribution in [2.75, 3.05) is 40.0 Å². The maximum atomic E-state index is 13.8. The molecule has 208 valence electrons. The van der Waals surface area contributed by atoms with Crippen molar-refractivity contribution in [2.45, 2.75) is 36.3 Å². The molecule has 0 saturated carbocycles. The highest BCUT2D eigenvalue weighted by atomic mass is 35.5. The molecule has 2 aliphatic rings. The van der Waals surface area contributed by atoms with E-state index in [9.17, 15) is 13.2 Å². The Labute approximate surface area is 238 Å². The zero-order valence-electron chi connectivity index (χ0n) is 21.6. The van der Waals surface area contributed by atoms with Gasteiger partial charge >= 0.3 is 0 Å². The molecule has 2 aliphatic heterocycles. The van der Waals surface area contributed by atoms with Gasteiger partial charge in [-0.3, -0.25) is 4.79 Å². The third-order valence-corrected chi connectivity index (χ3v) is 10.2. The molecule has 1 fully saturated rings. The maximum absolute atomic E-state index is 13.8. The molecule has 0 aliphatic carbocycles. The summed E-state index contributed by atoms with van der Waals surface area (Å²) in [5.74, 6) is 0.932. The molecule has 5 rings (SSSR count). The molecule has 2 unspecified atom stereocenters. The van der Waals surface area contributed by atoms with E-state index >= 15 is 0 Å². The number of ether oxygens (including phenoxy) is 3. The lowest BCUT2D eigenvalue weighted by Crippen LogP contribution is -2.49. The largest absolute Gasteiger partial charge is 0.497 e. The summed E-state index contributed by atoms with van der Waals surface area (Å²) in [7, 11) is -2.44. The Balaban J connectivity index is 1.38. The molecule has 2 atom stereocenters. The minimum absolute atomic E-state index is 0.107. The minimum atomic E-state index is -3.97. The number of hydrogen-bond acceptors (Lipinski definition) is 7. The Bertz CT molecular complexity index is 1370. The Morgan fingerprint density at radius 2 is 1.87 bits per heavy atom. The molecule has 8 nitrogen and oxygen atoms in total. The van der Waals surface area contributed by atoms with Gasteiger partial charge in [0, 0.05) is 29.6 Å².